The van der Waals surface area contributed by atoms with E-state index in [9.17, 15) is 0 Å². The molecule has 2 fully saturated rings. The third-order valence-corrected chi connectivity index (χ3v) is 5.48. The van der Waals surface area contributed by atoms with Crippen LogP contribution in [0.3, 0.4) is 0 Å². The van der Waals surface area contributed by atoms with Crippen LogP contribution in [0.4, 0.5) is 0 Å². The van der Waals surface area contributed by atoms with E-state index < -0.39 is 0 Å². The van der Waals surface area contributed by atoms with Crippen LogP contribution in [0.2, 0.25) is 0 Å². The number of rotatable bonds is 6. The van der Waals surface area contributed by atoms with Crippen LogP contribution in [-0.2, 0) is 0 Å². The fourth-order valence-corrected chi connectivity index (χ4v) is 4.73. The Bertz CT molecular complexity index is 252. The van der Waals surface area contributed by atoms with Crippen LogP contribution in [0.1, 0.15) is 78.6 Å². The summed E-state index contributed by atoms with van der Waals surface area (Å²) in [6, 6.07) is 0. The molecule has 0 saturated heterocycles. The van der Waals surface area contributed by atoms with E-state index in [-0.39, 0.29) is 0 Å². The Balaban J connectivity index is 1.73. The summed E-state index contributed by atoms with van der Waals surface area (Å²) < 4.78 is 0. The first-order valence-electron chi connectivity index (χ1n) is 8.80. The van der Waals surface area contributed by atoms with Gasteiger partial charge in [0.15, 0.2) is 0 Å². The molecule has 0 amide bonds. The van der Waals surface area contributed by atoms with Gasteiger partial charge in [0.05, 0.1) is 0 Å². The van der Waals surface area contributed by atoms with Crippen molar-refractivity contribution in [3.63, 3.8) is 0 Å². The van der Waals surface area contributed by atoms with Crippen LogP contribution in [0.15, 0.2) is 0 Å². The van der Waals surface area contributed by atoms with Crippen molar-refractivity contribution in [2.24, 2.45) is 23.2 Å². The lowest BCUT2D eigenvalue weighted by Crippen LogP contribution is -2.36. The lowest BCUT2D eigenvalue weighted by atomic mass is 9.78. The van der Waals surface area contributed by atoms with Crippen molar-refractivity contribution in [3.8, 4) is 0 Å². The van der Waals surface area contributed by atoms with Crippen LogP contribution in [0.5, 0.6) is 0 Å². The highest BCUT2D eigenvalue weighted by Crippen LogP contribution is 2.42. The van der Waals surface area contributed by atoms with Gasteiger partial charge in [0, 0.05) is 6.54 Å². The van der Waals surface area contributed by atoms with Crippen LogP contribution < -0.4 is 5.32 Å². The van der Waals surface area contributed by atoms with E-state index in [1.54, 1.807) is 0 Å². The van der Waals surface area contributed by atoms with E-state index in [1.807, 2.05) is 0 Å². The van der Waals surface area contributed by atoms with Gasteiger partial charge in [0.25, 0.3) is 0 Å². The minimum Gasteiger partial charge on any atom is -0.316 e. The average molecular weight is 265 g/mol. The molecule has 2 aliphatic rings. The average Bonchev–Trinajstić information content (AvgIpc) is 2.77. The summed E-state index contributed by atoms with van der Waals surface area (Å²) in [7, 11) is 0. The van der Waals surface area contributed by atoms with Crippen molar-refractivity contribution in [1.29, 1.82) is 0 Å². The predicted molar refractivity (Wildman–Crippen MR) is 84.3 cm³/mol. The summed E-state index contributed by atoms with van der Waals surface area (Å²) in [6.45, 7) is 9.79. The summed E-state index contributed by atoms with van der Waals surface area (Å²) >= 11 is 0. The van der Waals surface area contributed by atoms with Crippen LogP contribution in [0, 0.1) is 23.2 Å². The zero-order valence-corrected chi connectivity index (χ0v) is 13.5. The normalized spacial score (nSPS) is 30.9. The molecule has 0 aromatic heterocycles. The maximum atomic E-state index is 3.86. The molecule has 0 bridgehead atoms. The molecule has 2 atom stereocenters. The van der Waals surface area contributed by atoms with E-state index in [2.05, 4.69) is 26.1 Å². The van der Waals surface area contributed by atoms with Gasteiger partial charge < -0.3 is 5.32 Å². The van der Waals surface area contributed by atoms with Gasteiger partial charge in [-0.3, -0.25) is 0 Å². The van der Waals surface area contributed by atoms with Crippen LogP contribution in [-0.4, -0.2) is 13.1 Å². The van der Waals surface area contributed by atoms with Crippen molar-refractivity contribution in [3.05, 3.63) is 0 Å². The third kappa shape index (κ3) is 4.77. The first-order chi connectivity index (χ1) is 9.10. The monoisotopic (exact) mass is 265 g/mol. The summed E-state index contributed by atoms with van der Waals surface area (Å²) in [4.78, 5) is 0. The lowest BCUT2D eigenvalue weighted by Gasteiger charge is -2.33. The largest absolute Gasteiger partial charge is 0.316 e. The van der Waals surface area contributed by atoms with Crippen molar-refractivity contribution in [2.75, 3.05) is 13.1 Å². The predicted octanol–water partition coefficient (Wildman–Crippen LogP) is 5.01. The molecule has 0 heterocycles. The SMILES string of the molecule is CC(C)CC1(CNCC2CCCC(C)C2)CCCC1. The number of hydrogen-bond donors (Lipinski definition) is 1. The highest BCUT2D eigenvalue weighted by atomic mass is 14.9. The van der Waals surface area contributed by atoms with Crippen molar-refractivity contribution in [2.45, 2.75) is 78.6 Å². The molecule has 2 rings (SSSR count). The highest BCUT2D eigenvalue weighted by Gasteiger charge is 2.34. The first kappa shape index (κ1) is 15.4. The van der Waals surface area contributed by atoms with Crippen LogP contribution >= 0.6 is 0 Å². The van der Waals surface area contributed by atoms with Gasteiger partial charge in [0.2, 0.25) is 0 Å². The second-order valence-corrected chi connectivity index (χ2v) is 8.07. The Morgan fingerprint density at radius 1 is 1.11 bits per heavy atom. The second kappa shape index (κ2) is 7.11. The van der Waals surface area contributed by atoms with E-state index in [1.165, 1.54) is 70.9 Å². The van der Waals surface area contributed by atoms with Gasteiger partial charge in [0.1, 0.15) is 0 Å². The van der Waals surface area contributed by atoms with Gasteiger partial charge in [-0.1, -0.05) is 46.5 Å². The Kier molecular flexibility index (Phi) is 5.74. The summed E-state index contributed by atoms with van der Waals surface area (Å²) in [6.07, 6.45) is 13.2. The summed E-state index contributed by atoms with van der Waals surface area (Å²) in [5, 5.41) is 3.86. The van der Waals surface area contributed by atoms with E-state index in [0.717, 1.165) is 17.8 Å². The summed E-state index contributed by atoms with van der Waals surface area (Å²) in [5.74, 6) is 2.78. The molecule has 1 N–H and O–H groups in total. The molecule has 2 saturated carbocycles. The summed E-state index contributed by atoms with van der Waals surface area (Å²) in [5.41, 5.74) is 0.647. The van der Waals surface area contributed by atoms with E-state index >= 15 is 0 Å². The van der Waals surface area contributed by atoms with Gasteiger partial charge >= 0.3 is 0 Å². The van der Waals surface area contributed by atoms with Gasteiger partial charge in [-0.2, -0.15) is 0 Å². The molecular formula is C18H35N. The second-order valence-electron chi connectivity index (χ2n) is 8.07. The molecule has 1 nitrogen and oxygen atoms in total. The maximum Gasteiger partial charge on any atom is 0.000802 e. The Labute approximate surface area is 120 Å². The van der Waals surface area contributed by atoms with Crippen molar-refractivity contribution >= 4 is 0 Å². The molecule has 2 aliphatic carbocycles. The standard InChI is InChI=1S/C18H35N/c1-15(2)12-18(9-4-5-10-18)14-19-13-17-8-6-7-16(3)11-17/h15-17,19H,4-14H2,1-3H3. The molecular weight excluding hydrogens is 230 g/mol. The smallest absolute Gasteiger partial charge is 0.000802 e. The lowest BCUT2D eigenvalue weighted by molar-refractivity contribution is 0.208. The molecule has 0 aromatic rings. The van der Waals surface area contributed by atoms with Gasteiger partial charge in [-0.15, -0.1) is 0 Å². The van der Waals surface area contributed by atoms with Crippen LogP contribution in [0.25, 0.3) is 0 Å². The molecule has 1 heteroatoms. The molecule has 0 radical (unpaired) electrons. The van der Waals surface area contributed by atoms with Gasteiger partial charge in [-0.05, 0) is 61.8 Å². The minimum absolute atomic E-state index is 0.647. The molecule has 2 unspecified atom stereocenters. The fraction of sp³-hybridized carbons (Fsp3) is 1.00. The number of nitrogens with one attached hydrogen (secondary N) is 1. The van der Waals surface area contributed by atoms with Crippen molar-refractivity contribution in [1.82, 2.24) is 5.32 Å². The number of hydrogen-bond acceptors (Lipinski definition) is 1. The topological polar surface area (TPSA) is 12.0 Å². The van der Waals surface area contributed by atoms with E-state index in [0.29, 0.717) is 5.41 Å². The fourth-order valence-electron chi connectivity index (χ4n) is 4.73. The molecule has 0 aromatic carbocycles. The molecule has 112 valence electrons. The quantitative estimate of drug-likeness (QED) is 0.712. The minimum atomic E-state index is 0.647. The maximum absolute atomic E-state index is 3.86. The highest BCUT2D eigenvalue weighted by molar-refractivity contribution is 4.88. The molecule has 19 heavy (non-hydrogen) atoms. The first-order valence-corrected chi connectivity index (χ1v) is 8.80. The zero-order chi connectivity index (χ0) is 13.7. The van der Waals surface area contributed by atoms with Crippen molar-refractivity contribution < 1.29 is 0 Å². The van der Waals surface area contributed by atoms with Gasteiger partial charge in [-0.25, -0.2) is 0 Å². The Hall–Kier alpha value is -0.0400. The Morgan fingerprint density at radius 2 is 1.84 bits per heavy atom. The third-order valence-electron chi connectivity index (χ3n) is 5.48. The molecule has 0 aliphatic heterocycles. The molecule has 0 spiro atoms. The van der Waals surface area contributed by atoms with E-state index in [4.69, 9.17) is 0 Å². The zero-order valence-electron chi connectivity index (χ0n) is 13.5. The Morgan fingerprint density at radius 3 is 2.47 bits per heavy atom.